The van der Waals surface area contributed by atoms with Crippen LogP contribution < -0.4 is 5.43 Å². The van der Waals surface area contributed by atoms with Crippen molar-refractivity contribution in [2.75, 3.05) is 6.54 Å². The molecule has 0 aromatic heterocycles. The van der Waals surface area contributed by atoms with Crippen LogP contribution in [-0.4, -0.2) is 28.4 Å². The molecular formula is C17H16N2O4S2. The van der Waals surface area contributed by atoms with Gasteiger partial charge in [0.2, 0.25) is 19.7 Å². The number of hydrogen-bond donors (Lipinski definition) is 1. The molecule has 1 heterocycles. The Morgan fingerprint density at radius 1 is 0.840 bits per heavy atom. The lowest BCUT2D eigenvalue weighted by Crippen LogP contribution is -2.20. The second-order valence-electron chi connectivity index (χ2n) is 5.45. The Kier molecular flexibility index (Phi) is 4.73. The molecule has 0 radical (unpaired) electrons. The fourth-order valence-electron chi connectivity index (χ4n) is 2.49. The second-order valence-corrected chi connectivity index (χ2v) is 9.06. The van der Waals surface area contributed by atoms with Crippen molar-refractivity contribution >= 4 is 24.7 Å². The molecule has 1 atom stereocenters. The standard InChI is InChI=1S/C17H16N2O4S2/c20-24(21,15-9-5-2-6-10-15)11-12-25(22,23)17-16(13-18-19-17)14-7-3-1-4-8-14/h1-12,16,18H,13H2/b12-11+. The first-order valence-corrected chi connectivity index (χ1v) is 10.6. The average molecular weight is 376 g/mol. The molecule has 25 heavy (non-hydrogen) atoms. The van der Waals surface area contributed by atoms with Crippen LogP contribution in [0.3, 0.4) is 0 Å². The largest absolute Gasteiger partial charge is 0.308 e. The van der Waals surface area contributed by atoms with Gasteiger partial charge in [0.15, 0.2) is 5.04 Å². The number of rotatable bonds is 4. The van der Waals surface area contributed by atoms with E-state index in [-0.39, 0.29) is 9.94 Å². The summed E-state index contributed by atoms with van der Waals surface area (Å²) in [6, 6.07) is 16.7. The lowest BCUT2D eigenvalue weighted by Gasteiger charge is -2.10. The van der Waals surface area contributed by atoms with Crippen molar-refractivity contribution in [3.63, 3.8) is 0 Å². The summed E-state index contributed by atoms with van der Waals surface area (Å²) in [6.07, 6.45) is 0. The minimum atomic E-state index is -3.97. The zero-order valence-corrected chi connectivity index (χ0v) is 14.7. The number of hydrazone groups is 1. The molecular weight excluding hydrogens is 360 g/mol. The number of benzene rings is 2. The monoisotopic (exact) mass is 376 g/mol. The van der Waals surface area contributed by atoms with Gasteiger partial charge in [0.25, 0.3) is 0 Å². The van der Waals surface area contributed by atoms with Crippen molar-refractivity contribution < 1.29 is 16.8 Å². The van der Waals surface area contributed by atoms with Gasteiger partial charge in [-0.3, -0.25) is 0 Å². The van der Waals surface area contributed by atoms with Crippen LogP contribution >= 0.6 is 0 Å². The summed E-state index contributed by atoms with van der Waals surface area (Å²) in [5, 5.41) is 5.20. The van der Waals surface area contributed by atoms with Crippen molar-refractivity contribution in [3.8, 4) is 0 Å². The third-order valence-corrected chi connectivity index (χ3v) is 6.81. The molecule has 0 amide bonds. The van der Waals surface area contributed by atoms with E-state index in [0.717, 1.165) is 5.56 Å². The molecule has 2 aromatic rings. The van der Waals surface area contributed by atoms with Crippen LogP contribution in [0.1, 0.15) is 11.5 Å². The molecule has 6 nitrogen and oxygen atoms in total. The summed E-state index contributed by atoms with van der Waals surface area (Å²) in [4.78, 5) is 0.0348. The molecule has 1 N–H and O–H groups in total. The van der Waals surface area contributed by atoms with E-state index < -0.39 is 25.6 Å². The first-order valence-electron chi connectivity index (χ1n) is 7.49. The van der Waals surface area contributed by atoms with Crippen LogP contribution in [0, 0.1) is 0 Å². The quantitative estimate of drug-likeness (QED) is 0.882. The molecule has 0 saturated heterocycles. The molecule has 1 unspecified atom stereocenters. The molecule has 2 aromatic carbocycles. The van der Waals surface area contributed by atoms with Gasteiger partial charge in [-0.1, -0.05) is 48.5 Å². The number of sulfone groups is 2. The molecule has 3 rings (SSSR count). The van der Waals surface area contributed by atoms with Crippen LogP contribution in [0.5, 0.6) is 0 Å². The number of nitrogens with one attached hydrogen (secondary N) is 1. The van der Waals surface area contributed by atoms with Crippen molar-refractivity contribution in [2.24, 2.45) is 5.10 Å². The highest BCUT2D eigenvalue weighted by Gasteiger charge is 2.32. The normalized spacial score (nSPS) is 18.1. The maximum atomic E-state index is 12.6. The fourth-order valence-corrected chi connectivity index (χ4v) is 5.30. The summed E-state index contributed by atoms with van der Waals surface area (Å²) in [7, 11) is -7.81. The Hall–Kier alpha value is -2.45. The van der Waals surface area contributed by atoms with Crippen molar-refractivity contribution in [2.45, 2.75) is 10.8 Å². The van der Waals surface area contributed by atoms with Crippen LogP contribution in [0.15, 0.2) is 81.5 Å². The van der Waals surface area contributed by atoms with Crippen LogP contribution in [-0.2, 0) is 19.7 Å². The number of nitrogens with zero attached hydrogens (tertiary/aromatic N) is 1. The Balaban J connectivity index is 1.89. The lowest BCUT2D eigenvalue weighted by atomic mass is 10.0. The van der Waals surface area contributed by atoms with E-state index in [1.165, 1.54) is 12.1 Å². The lowest BCUT2D eigenvalue weighted by molar-refractivity contribution is 0.603. The predicted octanol–water partition coefficient (Wildman–Crippen LogP) is 2.05. The third-order valence-electron chi connectivity index (χ3n) is 3.76. The molecule has 0 fully saturated rings. The Labute approximate surface area is 146 Å². The van der Waals surface area contributed by atoms with Gasteiger partial charge < -0.3 is 5.43 Å². The van der Waals surface area contributed by atoms with E-state index in [2.05, 4.69) is 10.5 Å². The van der Waals surface area contributed by atoms with E-state index in [1.807, 2.05) is 30.3 Å². The van der Waals surface area contributed by atoms with Crippen LogP contribution in [0.25, 0.3) is 0 Å². The van der Waals surface area contributed by atoms with Crippen LogP contribution in [0.2, 0.25) is 0 Å². The fraction of sp³-hybridized carbons (Fsp3) is 0.118. The van der Waals surface area contributed by atoms with E-state index in [0.29, 0.717) is 17.4 Å². The third kappa shape index (κ3) is 3.80. The van der Waals surface area contributed by atoms with Gasteiger partial charge in [0.1, 0.15) is 0 Å². The maximum Gasteiger partial charge on any atom is 0.216 e. The molecule has 1 aliphatic heterocycles. The van der Waals surface area contributed by atoms with E-state index >= 15 is 0 Å². The van der Waals surface area contributed by atoms with Gasteiger partial charge in [-0.25, -0.2) is 16.8 Å². The number of hydrogen-bond acceptors (Lipinski definition) is 6. The van der Waals surface area contributed by atoms with E-state index in [4.69, 9.17) is 0 Å². The van der Waals surface area contributed by atoms with Gasteiger partial charge in [-0.05, 0) is 17.7 Å². The summed E-state index contributed by atoms with van der Waals surface area (Å²) in [5.41, 5.74) is 3.48. The summed E-state index contributed by atoms with van der Waals surface area (Å²) < 4.78 is 49.6. The highest BCUT2D eigenvalue weighted by Crippen LogP contribution is 2.24. The Morgan fingerprint density at radius 3 is 2.04 bits per heavy atom. The minimum absolute atomic E-state index is 0.0348. The topological polar surface area (TPSA) is 92.7 Å². The highest BCUT2D eigenvalue weighted by atomic mass is 32.2. The highest BCUT2D eigenvalue weighted by molar-refractivity contribution is 8.09. The smallest absolute Gasteiger partial charge is 0.216 e. The molecule has 0 bridgehead atoms. The summed E-state index contributed by atoms with van der Waals surface area (Å²) >= 11 is 0. The molecule has 1 aliphatic rings. The average Bonchev–Trinajstić information content (AvgIpc) is 3.13. The van der Waals surface area contributed by atoms with Crippen molar-refractivity contribution in [1.82, 2.24) is 5.43 Å². The Morgan fingerprint density at radius 2 is 1.40 bits per heavy atom. The molecule has 130 valence electrons. The zero-order chi connectivity index (χ0) is 17.9. The van der Waals surface area contributed by atoms with Gasteiger partial charge in [-0.15, -0.1) is 0 Å². The first-order chi connectivity index (χ1) is 11.9. The second kappa shape index (κ2) is 6.81. The molecule has 8 heteroatoms. The summed E-state index contributed by atoms with van der Waals surface area (Å²) in [5.74, 6) is -0.449. The van der Waals surface area contributed by atoms with Gasteiger partial charge in [-0.2, -0.15) is 5.10 Å². The van der Waals surface area contributed by atoms with Crippen molar-refractivity contribution in [3.05, 3.63) is 77.0 Å². The SMILES string of the molecule is O=S(=O)(/C=C/S(=O)(=O)c1ccccc1)C1=NNCC1c1ccccc1. The summed E-state index contributed by atoms with van der Waals surface area (Å²) in [6.45, 7) is 0.345. The van der Waals surface area contributed by atoms with Gasteiger partial charge in [0, 0.05) is 17.4 Å². The maximum absolute atomic E-state index is 12.6. The van der Waals surface area contributed by atoms with Gasteiger partial charge in [0.05, 0.1) is 10.8 Å². The molecule has 0 aliphatic carbocycles. The van der Waals surface area contributed by atoms with E-state index in [1.54, 1.807) is 18.2 Å². The van der Waals surface area contributed by atoms with E-state index in [9.17, 15) is 16.8 Å². The Bertz CT molecular complexity index is 1010. The van der Waals surface area contributed by atoms with Crippen molar-refractivity contribution in [1.29, 1.82) is 0 Å². The predicted molar refractivity (Wildman–Crippen MR) is 96.3 cm³/mol. The zero-order valence-electron chi connectivity index (χ0n) is 13.1. The van der Waals surface area contributed by atoms with Gasteiger partial charge >= 0.3 is 0 Å². The first kappa shape index (κ1) is 17.4. The minimum Gasteiger partial charge on any atom is -0.308 e. The molecule has 0 saturated carbocycles. The van der Waals surface area contributed by atoms with Crippen LogP contribution in [0.4, 0.5) is 0 Å². The molecule has 0 spiro atoms.